The van der Waals surface area contributed by atoms with Crippen molar-refractivity contribution < 1.29 is 9.53 Å². The molecule has 7 heterocycles. The third-order valence-corrected chi connectivity index (χ3v) is 8.80. The lowest BCUT2D eigenvalue weighted by atomic mass is 10.00. The predicted molar refractivity (Wildman–Crippen MR) is 154 cm³/mol. The van der Waals surface area contributed by atoms with E-state index in [4.69, 9.17) is 9.72 Å². The smallest absolute Gasteiger partial charge is 0.320 e. The molecule has 3 fully saturated rings. The van der Waals surface area contributed by atoms with Crippen molar-refractivity contribution in [2.24, 2.45) is 0 Å². The lowest BCUT2D eigenvalue weighted by Crippen LogP contribution is -2.59. The van der Waals surface area contributed by atoms with E-state index in [1.54, 1.807) is 24.0 Å². The molecule has 4 aromatic heterocycles. The van der Waals surface area contributed by atoms with Crippen LogP contribution >= 0.6 is 0 Å². The van der Waals surface area contributed by atoms with Crippen molar-refractivity contribution >= 4 is 17.4 Å². The number of pyridine rings is 3. The second-order valence-electron chi connectivity index (χ2n) is 11.3. The fourth-order valence-corrected chi connectivity index (χ4v) is 6.70. The van der Waals surface area contributed by atoms with Crippen molar-refractivity contribution in [1.29, 1.82) is 5.26 Å². The molecule has 10 heteroatoms. The molecular weight excluding hydrogens is 516 g/mol. The van der Waals surface area contributed by atoms with E-state index in [2.05, 4.69) is 44.2 Å². The molecule has 2 unspecified atom stereocenters. The van der Waals surface area contributed by atoms with E-state index in [-0.39, 0.29) is 24.2 Å². The lowest BCUT2D eigenvalue weighted by molar-refractivity contribution is 0.0986. The van der Waals surface area contributed by atoms with Crippen LogP contribution in [-0.4, -0.2) is 86.9 Å². The van der Waals surface area contributed by atoms with Gasteiger partial charge in [0.05, 0.1) is 35.5 Å². The summed E-state index contributed by atoms with van der Waals surface area (Å²) in [4.78, 5) is 29.0. The van der Waals surface area contributed by atoms with E-state index in [1.807, 2.05) is 36.4 Å². The number of urea groups is 1. The van der Waals surface area contributed by atoms with E-state index in [0.29, 0.717) is 12.1 Å². The Morgan fingerprint density at radius 1 is 1.00 bits per heavy atom. The van der Waals surface area contributed by atoms with Gasteiger partial charge in [0.15, 0.2) is 0 Å². The molecule has 0 aliphatic carbocycles. The summed E-state index contributed by atoms with van der Waals surface area (Å²) in [5.74, 6) is 0.907. The van der Waals surface area contributed by atoms with Gasteiger partial charge in [-0.15, -0.1) is 0 Å². The van der Waals surface area contributed by atoms with Gasteiger partial charge < -0.3 is 19.4 Å². The molecule has 3 aliphatic rings. The van der Waals surface area contributed by atoms with E-state index in [0.717, 1.165) is 78.2 Å². The summed E-state index contributed by atoms with van der Waals surface area (Å²) in [6.07, 6.45) is 10.3. The van der Waals surface area contributed by atoms with E-state index >= 15 is 0 Å². The number of ether oxygens (including phenoxy) is 1. The molecule has 0 N–H and O–H groups in total. The Morgan fingerprint density at radius 3 is 2.51 bits per heavy atom. The first-order valence-electron chi connectivity index (χ1n) is 14.2. The SMILES string of the molecule is CO[C@H]1CCN(C(=O)N2C3CCC2CN(c2ccc(-c4cc(-c5ccnc(C)c5)cn5ncc(C#N)c45)cn2)C3)C1. The number of aromatic nitrogens is 4. The summed E-state index contributed by atoms with van der Waals surface area (Å²) in [5, 5.41) is 14.2. The maximum absolute atomic E-state index is 13.4. The minimum Gasteiger partial charge on any atom is -0.380 e. The molecule has 0 aromatic carbocycles. The lowest BCUT2D eigenvalue weighted by Gasteiger charge is -2.43. The Labute approximate surface area is 238 Å². The number of fused-ring (bicyclic) bond motifs is 3. The zero-order valence-electron chi connectivity index (χ0n) is 23.3. The summed E-state index contributed by atoms with van der Waals surface area (Å²) in [5.41, 5.74) is 6.06. The number of hydrogen-bond donors (Lipinski definition) is 0. The molecule has 3 atom stereocenters. The molecule has 3 aliphatic heterocycles. The van der Waals surface area contributed by atoms with Crippen molar-refractivity contribution in [3.05, 3.63) is 66.4 Å². The summed E-state index contributed by atoms with van der Waals surface area (Å²) >= 11 is 0. The van der Waals surface area contributed by atoms with Gasteiger partial charge in [-0.2, -0.15) is 10.4 Å². The molecule has 0 spiro atoms. The second kappa shape index (κ2) is 10.2. The van der Waals surface area contributed by atoms with Crippen molar-refractivity contribution in [1.82, 2.24) is 29.4 Å². The summed E-state index contributed by atoms with van der Waals surface area (Å²) in [6.45, 7) is 4.97. The summed E-state index contributed by atoms with van der Waals surface area (Å²) in [7, 11) is 1.72. The second-order valence-corrected chi connectivity index (χ2v) is 11.3. The maximum atomic E-state index is 13.4. The van der Waals surface area contributed by atoms with E-state index < -0.39 is 0 Å². The number of carbonyl (C=O) groups is 1. The molecule has 208 valence electrons. The van der Waals surface area contributed by atoms with E-state index in [9.17, 15) is 10.1 Å². The van der Waals surface area contributed by atoms with Crippen molar-refractivity contribution in [2.45, 2.75) is 44.4 Å². The molecule has 7 rings (SSSR count). The molecule has 2 amide bonds. The number of aryl methyl sites for hydroxylation is 1. The number of likely N-dealkylation sites (tertiary alicyclic amines) is 1. The third-order valence-electron chi connectivity index (χ3n) is 8.80. The Kier molecular flexibility index (Phi) is 6.31. The highest BCUT2D eigenvalue weighted by atomic mass is 16.5. The predicted octanol–water partition coefficient (Wildman–Crippen LogP) is 4.13. The number of nitriles is 1. The Morgan fingerprint density at radius 2 is 1.83 bits per heavy atom. The van der Waals surface area contributed by atoms with Crippen molar-refractivity contribution in [3.8, 4) is 28.3 Å². The van der Waals surface area contributed by atoms with Crippen LogP contribution in [0.1, 0.15) is 30.5 Å². The van der Waals surface area contributed by atoms with Gasteiger partial charge in [-0.1, -0.05) is 0 Å². The number of hydrogen-bond acceptors (Lipinski definition) is 7. The van der Waals surface area contributed by atoms with Gasteiger partial charge in [-0.05, 0) is 62.1 Å². The van der Waals surface area contributed by atoms with Crippen LogP contribution in [0, 0.1) is 18.3 Å². The fourth-order valence-electron chi connectivity index (χ4n) is 6.70. The Bertz CT molecular complexity index is 1650. The van der Waals surface area contributed by atoms with Crippen LogP contribution in [0.2, 0.25) is 0 Å². The molecule has 3 saturated heterocycles. The van der Waals surface area contributed by atoms with Gasteiger partial charge >= 0.3 is 6.03 Å². The molecule has 4 aromatic rings. The summed E-state index contributed by atoms with van der Waals surface area (Å²) in [6, 6.07) is 13.1. The van der Waals surface area contributed by atoms with Gasteiger partial charge in [0, 0.05) is 74.3 Å². The zero-order chi connectivity index (χ0) is 28.1. The fraction of sp³-hybridized carbons (Fsp3) is 0.387. The average Bonchev–Trinajstić information content (AvgIpc) is 3.72. The topological polar surface area (TPSA) is 103 Å². The Hall–Kier alpha value is -4.49. The maximum Gasteiger partial charge on any atom is 0.320 e. The van der Waals surface area contributed by atoms with Crippen molar-refractivity contribution in [3.63, 3.8) is 0 Å². The first-order chi connectivity index (χ1) is 20.0. The van der Waals surface area contributed by atoms with Crippen LogP contribution in [0.5, 0.6) is 0 Å². The molecular formula is C31H32N8O2. The van der Waals surface area contributed by atoms with Gasteiger partial charge in [-0.25, -0.2) is 14.3 Å². The number of rotatable bonds is 4. The number of carbonyl (C=O) groups excluding carboxylic acids is 1. The minimum atomic E-state index is 0.142. The molecule has 41 heavy (non-hydrogen) atoms. The monoisotopic (exact) mass is 548 g/mol. The molecule has 2 bridgehead atoms. The average molecular weight is 549 g/mol. The van der Waals surface area contributed by atoms with Crippen LogP contribution < -0.4 is 4.90 Å². The first-order valence-corrected chi connectivity index (χ1v) is 14.2. The zero-order valence-corrected chi connectivity index (χ0v) is 23.3. The number of nitrogens with zero attached hydrogens (tertiary/aromatic N) is 8. The summed E-state index contributed by atoms with van der Waals surface area (Å²) < 4.78 is 7.25. The van der Waals surface area contributed by atoms with Gasteiger partial charge in [0.1, 0.15) is 11.9 Å². The van der Waals surface area contributed by atoms with Crippen molar-refractivity contribution in [2.75, 3.05) is 38.2 Å². The van der Waals surface area contributed by atoms with Gasteiger partial charge in [-0.3, -0.25) is 4.98 Å². The van der Waals surface area contributed by atoms with E-state index in [1.165, 1.54) is 0 Å². The van der Waals surface area contributed by atoms with Gasteiger partial charge in [0.25, 0.3) is 0 Å². The third kappa shape index (κ3) is 4.46. The Balaban J connectivity index is 1.15. The van der Waals surface area contributed by atoms with Gasteiger partial charge in [0.2, 0.25) is 0 Å². The number of anilines is 1. The highest BCUT2D eigenvalue weighted by Crippen LogP contribution is 2.36. The highest BCUT2D eigenvalue weighted by molar-refractivity contribution is 5.87. The van der Waals surface area contributed by atoms with Crippen LogP contribution in [0.25, 0.3) is 27.8 Å². The highest BCUT2D eigenvalue weighted by Gasteiger charge is 2.45. The normalized spacial score (nSPS) is 22.0. The quantitative estimate of drug-likeness (QED) is 0.378. The first kappa shape index (κ1) is 25.5. The molecule has 0 radical (unpaired) electrons. The van der Waals surface area contributed by atoms with Crippen LogP contribution in [0.4, 0.5) is 10.6 Å². The molecule has 0 saturated carbocycles. The molecule has 10 nitrogen and oxygen atoms in total. The minimum absolute atomic E-state index is 0.142. The number of piperazine rings is 1. The largest absolute Gasteiger partial charge is 0.380 e. The van der Waals surface area contributed by atoms with Crippen LogP contribution in [-0.2, 0) is 4.74 Å². The number of amides is 2. The van der Waals surface area contributed by atoms with Crippen LogP contribution in [0.3, 0.4) is 0 Å². The number of methoxy groups -OCH3 is 1. The van der Waals surface area contributed by atoms with Crippen LogP contribution in [0.15, 0.2) is 55.1 Å². The standard InChI is InChI=1S/C31H32N8O2/c1-20-11-21(7-9-33-20)23-12-28(30-24(13-32)15-35-38(30)16-23)22-3-6-29(34-14-22)37-17-25-4-5-26(18-37)39(25)31(40)36-10-8-27(19-36)41-2/h3,6-7,9,11-12,14-16,25-27H,4-5,8,10,17-19H2,1-2H3/t25?,26?,27-/m0/s1.